The standard InChI is InChI=1S/C16H17NO5/c1-9-4-10(18)5-15-12(9)7-13(16(20)22-15)14(19)6-11-8-17-2-3-21-11/h4-5,7,11,17-18H,2-3,6,8H2,1H3. The van der Waals surface area contributed by atoms with Gasteiger partial charge in [0, 0.05) is 31.0 Å². The van der Waals surface area contributed by atoms with Gasteiger partial charge in [0.15, 0.2) is 5.78 Å². The van der Waals surface area contributed by atoms with Crippen molar-refractivity contribution in [3.05, 3.63) is 39.7 Å². The van der Waals surface area contributed by atoms with Crippen LogP contribution in [-0.2, 0) is 4.74 Å². The van der Waals surface area contributed by atoms with E-state index >= 15 is 0 Å². The predicted octanol–water partition coefficient (Wildman–Crippen LogP) is 1.37. The first-order valence-corrected chi connectivity index (χ1v) is 7.17. The number of hydrogen-bond donors (Lipinski definition) is 2. The van der Waals surface area contributed by atoms with Crippen LogP contribution in [0.3, 0.4) is 0 Å². The van der Waals surface area contributed by atoms with Gasteiger partial charge in [-0.1, -0.05) is 0 Å². The SMILES string of the molecule is Cc1cc(O)cc2oc(=O)c(C(=O)CC3CNCCO3)cc12. The molecule has 3 rings (SSSR count). The van der Waals surface area contributed by atoms with Crippen LogP contribution in [0.4, 0.5) is 0 Å². The van der Waals surface area contributed by atoms with Gasteiger partial charge in [0.05, 0.1) is 12.7 Å². The van der Waals surface area contributed by atoms with Gasteiger partial charge in [0.1, 0.15) is 16.9 Å². The fourth-order valence-electron chi connectivity index (χ4n) is 2.64. The maximum absolute atomic E-state index is 12.3. The molecule has 1 atom stereocenters. The molecule has 6 heteroatoms. The van der Waals surface area contributed by atoms with Crippen molar-refractivity contribution in [1.29, 1.82) is 0 Å². The molecule has 6 nitrogen and oxygen atoms in total. The zero-order valence-electron chi connectivity index (χ0n) is 12.2. The summed E-state index contributed by atoms with van der Waals surface area (Å²) in [5, 5.41) is 13.3. The quantitative estimate of drug-likeness (QED) is 0.657. The third-order valence-electron chi connectivity index (χ3n) is 3.76. The zero-order chi connectivity index (χ0) is 15.7. The summed E-state index contributed by atoms with van der Waals surface area (Å²) in [6, 6.07) is 4.46. The monoisotopic (exact) mass is 303 g/mol. The van der Waals surface area contributed by atoms with Crippen LogP contribution in [0, 0.1) is 6.92 Å². The van der Waals surface area contributed by atoms with E-state index in [9.17, 15) is 14.7 Å². The van der Waals surface area contributed by atoms with Gasteiger partial charge < -0.3 is 19.6 Å². The number of carbonyl (C=O) groups excluding carboxylic acids is 1. The summed E-state index contributed by atoms with van der Waals surface area (Å²) >= 11 is 0. The van der Waals surface area contributed by atoms with Crippen molar-refractivity contribution in [2.75, 3.05) is 19.7 Å². The minimum absolute atomic E-state index is 0.0221. The number of hydrogen-bond acceptors (Lipinski definition) is 6. The summed E-state index contributed by atoms with van der Waals surface area (Å²) < 4.78 is 10.7. The van der Waals surface area contributed by atoms with E-state index in [1.54, 1.807) is 13.0 Å². The van der Waals surface area contributed by atoms with Crippen LogP contribution >= 0.6 is 0 Å². The predicted molar refractivity (Wildman–Crippen MR) is 80.4 cm³/mol. The van der Waals surface area contributed by atoms with Gasteiger partial charge in [-0.05, 0) is 24.6 Å². The maximum atomic E-state index is 12.3. The normalized spacial score (nSPS) is 18.5. The Bertz CT molecular complexity index is 774. The van der Waals surface area contributed by atoms with Crippen molar-refractivity contribution in [2.24, 2.45) is 0 Å². The van der Waals surface area contributed by atoms with Gasteiger partial charge >= 0.3 is 5.63 Å². The highest BCUT2D eigenvalue weighted by Gasteiger charge is 2.21. The molecule has 2 N–H and O–H groups in total. The van der Waals surface area contributed by atoms with E-state index < -0.39 is 5.63 Å². The van der Waals surface area contributed by atoms with Crippen molar-refractivity contribution in [3.63, 3.8) is 0 Å². The Hall–Kier alpha value is -2.18. The lowest BCUT2D eigenvalue weighted by molar-refractivity contribution is 0.0239. The van der Waals surface area contributed by atoms with E-state index in [0.717, 1.165) is 12.1 Å². The number of aryl methyl sites for hydroxylation is 1. The third kappa shape index (κ3) is 2.88. The molecule has 22 heavy (non-hydrogen) atoms. The second-order valence-corrected chi connectivity index (χ2v) is 5.45. The number of benzene rings is 1. The number of carbonyl (C=O) groups is 1. The Labute approximate surface area is 126 Å². The number of morpholine rings is 1. The first kappa shape index (κ1) is 14.7. The summed E-state index contributed by atoms with van der Waals surface area (Å²) in [7, 11) is 0. The molecule has 1 unspecified atom stereocenters. The Morgan fingerprint density at radius 1 is 1.41 bits per heavy atom. The fourth-order valence-corrected chi connectivity index (χ4v) is 2.64. The maximum Gasteiger partial charge on any atom is 0.347 e. The van der Waals surface area contributed by atoms with Gasteiger partial charge in [-0.2, -0.15) is 0 Å². The van der Waals surface area contributed by atoms with Gasteiger partial charge in [-0.25, -0.2) is 4.79 Å². The number of aromatic hydroxyl groups is 1. The summed E-state index contributed by atoms with van der Waals surface area (Å²) in [5.41, 5.74) is 0.347. The van der Waals surface area contributed by atoms with Gasteiger partial charge in [0.25, 0.3) is 0 Å². The third-order valence-corrected chi connectivity index (χ3v) is 3.76. The molecule has 1 aromatic heterocycles. The van der Waals surface area contributed by atoms with Crippen molar-refractivity contribution >= 4 is 16.8 Å². The Morgan fingerprint density at radius 2 is 2.23 bits per heavy atom. The van der Waals surface area contributed by atoms with Crippen molar-refractivity contribution in [1.82, 2.24) is 5.32 Å². The van der Waals surface area contributed by atoms with E-state index in [0.29, 0.717) is 18.5 Å². The number of ether oxygens (including phenoxy) is 1. The van der Waals surface area contributed by atoms with Crippen LogP contribution in [0.25, 0.3) is 11.0 Å². The van der Waals surface area contributed by atoms with Crippen LogP contribution in [0.15, 0.2) is 27.4 Å². The molecule has 1 aliphatic heterocycles. The molecule has 1 fully saturated rings. The number of phenolic OH excluding ortho intramolecular Hbond substituents is 1. The summed E-state index contributed by atoms with van der Waals surface area (Å²) in [6.45, 7) is 3.70. The average molecular weight is 303 g/mol. The first-order chi connectivity index (χ1) is 10.5. The molecular formula is C16H17NO5. The summed E-state index contributed by atoms with van der Waals surface area (Å²) in [4.78, 5) is 24.4. The van der Waals surface area contributed by atoms with Crippen molar-refractivity contribution < 1.29 is 19.1 Å². The lowest BCUT2D eigenvalue weighted by Gasteiger charge is -2.22. The highest BCUT2D eigenvalue weighted by atomic mass is 16.5. The van der Waals surface area contributed by atoms with E-state index in [2.05, 4.69) is 5.32 Å². The lowest BCUT2D eigenvalue weighted by Crippen LogP contribution is -2.39. The molecule has 2 heterocycles. The van der Waals surface area contributed by atoms with E-state index in [4.69, 9.17) is 9.15 Å². The Balaban J connectivity index is 1.94. The van der Waals surface area contributed by atoms with Gasteiger partial charge in [-0.3, -0.25) is 4.79 Å². The fraction of sp³-hybridized carbons (Fsp3) is 0.375. The van der Waals surface area contributed by atoms with E-state index in [1.165, 1.54) is 12.1 Å². The van der Waals surface area contributed by atoms with Gasteiger partial charge in [-0.15, -0.1) is 0 Å². The van der Waals surface area contributed by atoms with Crippen LogP contribution < -0.4 is 10.9 Å². The number of phenols is 1. The molecule has 0 aliphatic carbocycles. The number of nitrogens with one attached hydrogen (secondary N) is 1. The van der Waals surface area contributed by atoms with Gasteiger partial charge in [0.2, 0.25) is 0 Å². The van der Waals surface area contributed by atoms with Crippen LogP contribution in [-0.4, -0.2) is 36.7 Å². The lowest BCUT2D eigenvalue weighted by atomic mass is 10.0. The largest absolute Gasteiger partial charge is 0.508 e. The minimum atomic E-state index is -0.689. The summed E-state index contributed by atoms with van der Waals surface area (Å²) in [6.07, 6.45) is -0.0855. The number of Topliss-reactive ketones (excluding diaryl/α,β-unsaturated/α-hetero) is 1. The topological polar surface area (TPSA) is 88.8 Å². The van der Waals surface area contributed by atoms with Crippen molar-refractivity contribution in [2.45, 2.75) is 19.4 Å². The second-order valence-electron chi connectivity index (χ2n) is 5.45. The smallest absolute Gasteiger partial charge is 0.347 e. The second kappa shape index (κ2) is 5.90. The zero-order valence-corrected chi connectivity index (χ0v) is 12.2. The van der Waals surface area contributed by atoms with Crippen LogP contribution in [0.1, 0.15) is 22.3 Å². The molecule has 1 aromatic carbocycles. The highest BCUT2D eigenvalue weighted by molar-refractivity contribution is 5.99. The minimum Gasteiger partial charge on any atom is -0.508 e. The Kier molecular flexibility index (Phi) is 3.96. The van der Waals surface area contributed by atoms with E-state index in [1.807, 2.05) is 0 Å². The molecular weight excluding hydrogens is 286 g/mol. The molecule has 0 amide bonds. The summed E-state index contributed by atoms with van der Waals surface area (Å²) in [5.74, 6) is -0.272. The molecule has 1 aliphatic rings. The molecule has 0 radical (unpaired) electrons. The molecule has 116 valence electrons. The number of rotatable bonds is 3. The van der Waals surface area contributed by atoms with Crippen LogP contribution in [0.2, 0.25) is 0 Å². The first-order valence-electron chi connectivity index (χ1n) is 7.17. The molecule has 0 bridgehead atoms. The molecule has 0 saturated carbocycles. The van der Waals surface area contributed by atoms with E-state index in [-0.39, 0.29) is 35.2 Å². The highest BCUT2D eigenvalue weighted by Crippen LogP contribution is 2.24. The molecule has 1 saturated heterocycles. The van der Waals surface area contributed by atoms with Crippen molar-refractivity contribution in [3.8, 4) is 5.75 Å². The number of ketones is 1. The Morgan fingerprint density at radius 3 is 2.95 bits per heavy atom. The van der Waals surface area contributed by atoms with Crippen LogP contribution in [0.5, 0.6) is 5.75 Å². The average Bonchev–Trinajstić information content (AvgIpc) is 2.47. The number of fused-ring (bicyclic) bond motifs is 1. The molecule has 0 spiro atoms. The molecule has 2 aromatic rings.